The van der Waals surface area contributed by atoms with Gasteiger partial charge in [-0.25, -0.2) is 0 Å². The molecule has 0 atom stereocenters. The highest BCUT2D eigenvalue weighted by molar-refractivity contribution is 4.61. The second kappa shape index (κ2) is 24.0. The molecule has 0 aliphatic heterocycles. The maximum atomic E-state index is 5.98. The Morgan fingerprint density at radius 2 is 0.815 bits per heavy atom. The van der Waals surface area contributed by atoms with Crippen LogP contribution in [-0.4, -0.2) is 13.2 Å². The second-order valence-electron chi connectivity index (χ2n) is 8.82. The predicted octanol–water partition coefficient (Wildman–Crippen LogP) is 9.48. The third kappa shape index (κ3) is 22.1. The highest BCUT2D eigenvalue weighted by Gasteiger charge is 2.09. The van der Waals surface area contributed by atoms with Crippen LogP contribution in [-0.2, 0) is 4.74 Å². The van der Waals surface area contributed by atoms with Crippen molar-refractivity contribution >= 4 is 0 Å². The Balaban J connectivity index is 3.70. The van der Waals surface area contributed by atoms with Gasteiger partial charge in [-0.2, -0.15) is 0 Å². The van der Waals surface area contributed by atoms with Crippen molar-refractivity contribution in [3.8, 4) is 0 Å². The molecule has 0 N–H and O–H groups in total. The summed E-state index contributed by atoms with van der Waals surface area (Å²) in [4.78, 5) is 0. The third-order valence-electron chi connectivity index (χ3n) is 5.93. The van der Waals surface area contributed by atoms with Crippen molar-refractivity contribution in [2.45, 2.75) is 149 Å². The van der Waals surface area contributed by atoms with Gasteiger partial charge in [-0.05, 0) is 25.2 Å². The van der Waals surface area contributed by atoms with E-state index in [1.54, 1.807) is 0 Å². The van der Waals surface area contributed by atoms with E-state index < -0.39 is 0 Å². The normalized spacial score (nSPS) is 11.6. The minimum atomic E-state index is 0.821. The van der Waals surface area contributed by atoms with Crippen LogP contribution in [0.25, 0.3) is 0 Å². The van der Waals surface area contributed by atoms with Gasteiger partial charge in [-0.1, -0.05) is 130 Å². The van der Waals surface area contributed by atoms with Crippen molar-refractivity contribution in [2.75, 3.05) is 13.2 Å². The Bertz CT molecular complexity index is 231. The van der Waals surface area contributed by atoms with Crippen LogP contribution in [0, 0.1) is 5.92 Å². The molecule has 0 aliphatic rings. The van der Waals surface area contributed by atoms with Gasteiger partial charge in [0.05, 0.1) is 0 Å². The van der Waals surface area contributed by atoms with Crippen molar-refractivity contribution < 1.29 is 4.74 Å². The lowest BCUT2D eigenvalue weighted by Gasteiger charge is -2.17. The van der Waals surface area contributed by atoms with E-state index in [1.807, 2.05) is 0 Å². The molecule has 0 amide bonds. The summed E-state index contributed by atoms with van der Waals surface area (Å²) in [6.07, 6.45) is 28.2. The van der Waals surface area contributed by atoms with Crippen LogP contribution < -0.4 is 0 Å². The number of hydrogen-bond acceptors (Lipinski definition) is 1. The summed E-state index contributed by atoms with van der Waals surface area (Å²) in [5.41, 5.74) is 0. The van der Waals surface area contributed by atoms with E-state index in [4.69, 9.17) is 4.74 Å². The summed E-state index contributed by atoms with van der Waals surface area (Å²) < 4.78 is 5.98. The molecule has 0 fully saturated rings. The first-order chi connectivity index (χ1) is 13.3. The monoisotopic (exact) mass is 382 g/mol. The smallest absolute Gasteiger partial charge is 0.0494 e. The van der Waals surface area contributed by atoms with Crippen LogP contribution in [0.3, 0.4) is 0 Å². The number of ether oxygens (including phenoxy) is 1. The number of unbranched alkanes of at least 4 members (excludes halogenated alkanes) is 15. The molecule has 0 heterocycles. The van der Waals surface area contributed by atoms with Gasteiger partial charge in [0.15, 0.2) is 0 Å². The van der Waals surface area contributed by atoms with E-state index in [1.165, 1.54) is 128 Å². The van der Waals surface area contributed by atoms with Crippen LogP contribution >= 0.6 is 0 Å². The highest BCUT2D eigenvalue weighted by Crippen LogP contribution is 2.20. The molecule has 27 heavy (non-hydrogen) atoms. The summed E-state index contributed by atoms with van der Waals surface area (Å²) in [5.74, 6) is 0.821. The molecule has 1 heteroatoms. The second-order valence-corrected chi connectivity index (χ2v) is 8.82. The van der Waals surface area contributed by atoms with Gasteiger partial charge in [0, 0.05) is 13.2 Å². The Kier molecular flexibility index (Phi) is 24.0. The molecule has 0 aromatic rings. The van der Waals surface area contributed by atoms with Gasteiger partial charge in [-0.15, -0.1) is 0 Å². The zero-order chi connectivity index (χ0) is 19.8. The average Bonchev–Trinajstić information content (AvgIpc) is 2.68. The zero-order valence-electron chi connectivity index (χ0n) is 19.5. The van der Waals surface area contributed by atoms with Crippen LogP contribution in [0.5, 0.6) is 0 Å². The van der Waals surface area contributed by atoms with Gasteiger partial charge >= 0.3 is 0 Å². The first-order valence-electron chi connectivity index (χ1n) is 12.9. The maximum Gasteiger partial charge on any atom is 0.0494 e. The zero-order valence-corrected chi connectivity index (χ0v) is 19.5. The Morgan fingerprint density at radius 1 is 0.444 bits per heavy atom. The van der Waals surface area contributed by atoms with Crippen LogP contribution in [0.1, 0.15) is 149 Å². The lowest BCUT2D eigenvalue weighted by molar-refractivity contribution is 0.0888. The summed E-state index contributed by atoms with van der Waals surface area (Å²) in [6, 6.07) is 0. The SMILES string of the molecule is CCCCCCCCCCC(CCCCCCCCCC)COCCCC. The molecule has 0 radical (unpaired) electrons. The summed E-state index contributed by atoms with van der Waals surface area (Å²) in [7, 11) is 0. The summed E-state index contributed by atoms with van der Waals surface area (Å²) in [6.45, 7) is 8.85. The third-order valence-corrected chi connectivity index (χ3v) is 5.93. The molecule has 0 bridgehead atoms. The Morgan fingerprint density at radius 3 is 1.22 bits per heavy atom. The minimum Gasteiger partial charge on any atom is -0.381 e. The lowest BCUT2D eigenvalue weighted by atomic mass is 9.94. The van der Waals surface area contributed by atoms with E-state index in [9.17, 15) is 0 Å². The average molecular weight is 383 g/mol. The fourth-order valence-corrected chi connectivity index (χ4v) is 3.94. The molecule has 0 aliphatic carbocycles. The highest BCUT2D eigenvalue weighted by atomic mass is 16.5. The summed E-state index contributed by atoms with van der Waals surface area (Å²) in [5, 5.41) is 0. The standard InChI is InChI=1S/C26H54O/c1-4-7-10-12-14-16-18-20-22-26(25-27-24-9-6-3)23-21-19-17-15-13-11-8-5-2/h26H,4-25H2,1-3H3. The van der Waals surface area contributed by atoms with Crippen molar-refractivity contribution in [2.24, 2.45) is 5.92 Å². The largest absolute Gasteiger partial charge is 0.381 e. The predicted molar refractivity (Wildman–Crippen MR) is 124 cm³/mol. The number of rotatable bonds is 23. The van der Waals surface area contributed by atoms with Crippen molar-refractivity contribution in [3.05, 3.63) is 0 Å². The maximum absolute atomic E-state index is 5.98. The first kappa shape index (κ1) is 27.0. The molecule has 0 spiro atoms. The summed E-state index contributed by atoms with van der Waals surface area (Å²) >= 11 is 0. The molecule has 0 aromatic carbocycles. The molecule has 0 rings (SSSR count). The molecule has 0 saturated heterocycles. The molecule has 0 aromatic heterocycles. The Labute approximate surface area is 173 Å². The molecular weight excluding hydrogens is 328 g/mol. The lowest BCUT2D eigenvalue weighted by Crippen LogP contribution is -2.11. The topological polar surface area (TPSA) is 9.23 Å². The molecule has 0 unspecified atom stereocenters. The van der Waals surface area contributed by atoms with E-state index >= 15 is 0 Å². The van der Waals surface area contributed by atoms with Crippen molar-refractivity contribution in [1.82, 2.24) is 0 Å². The van der Waals surface area contributed by atoms with Gasteiger partial charge in [0.25, 0.3) is 0 Å². The van der Waals surface area contributed by atoms with E-state index in [2.05, 4.69) is 20.8 Å². The molecule has 0 saturated carbocycles. The van der Waals surface area contributed by atoms with Crippen LogP contribution in [0.15, 0.2) is 0 Å². The van der Waals surface area contributed by atoms with E-state index in [0.717, 1.165) is 19.1 Å². The van der Waals surface area contributed by atoms with Gasteiger partial charge < -0.3 is 4.74 Å². The fourth-order valence-electron chi connectivity index (χ4n) is 3.94. The van der Waals surface area contributed by atoms with Crippen LogP contribution in [0.4, 0.5) is 0 Å². The molecular formula is C26H54O. The fraction of sp³-hybridized carbons (Fsp3) is 1.00. The number of hydrogen-bond donors (Lipinski definition) is 0. The molecule has 164 valence electrons. The van der Waals surface area contributed by atoms with Crippen molar-refractivity contribution in [3.63, 3.8) is 0 Å². The van der Waals surface area contributed by atoms with Gasteiger partial charge in [0.1, 0.15) is 0 Å². The quantitative estimate of drug-likeness (QED) is 0.160. The Hall–Kier alpha value is -0.0400. The van der Waals surface area contributed by atoms with Gasteiger partial charge in [-0.3, -0.25) is 0 Å². The van der Waals surface area contributed by atoms with Gasteiger partial charge in [0.2, 0.25) is 0 Å². The van der Waals surface area contributed by atoms with E-state index in [-0.39, 0.29) is 0 Å². The van der Waals surface area contributed by atoms with Crippen molar-refractivity contribution in [1.29, 1.82) is 0 Å². The first-order valence-corrected chi connectivity index (χ1v) is 12.9. The molecule has 1 nitrogen and oxygen atoms in total. The van der Waals surface area contributed by atoms with E-state index in [0.29, 0.717) is 0 Å². The van der Waals surface area contributed by atoms with Crippen LogP contribution in [0.2, 0.25) is 0 Å². The minimum absolute atomic E-state index is 0.821.